The van der Waals surface area contributed by atoms with Crippen molar-refractivity contribution in [3.05, 3.63) is 0 Å². The maximum Gasteiger partial charge on any atom is 0.321 e. The molecule has 0 aromatic heterocycles. The van der Waals surface area contributed by atoms with Crippen molar-refractivity contribution >= 4 is 23.6 Å². The van der Waals surface area contributed by atoms with Crippen LogP contribution in [0.3, 0.4) is 0 Å². The van der Waals surface area contributed by atoms with E-state index in [2.05, 4.69) is 5.32 Å². The molecule has 1 saturated heterocycles. The van der Waals surface area contributed by atoms with E-state index in [9.17, 15) is 9.59 Å². The highest BCUT2D eigenvalue weighted by Crippen LogP contribution is 2.16. The molecule has 0 aromatic rings. The first-order chi connectivity index (χ1) is 7.15. The Bertz CT molecular complexity index is 248. The van der Waals surface area contributed by atoms with Crippen molar-refractivity contribution in [3.8, 4) is 0 Å². The summed E-state index contributed by atoms with van der Waals surface area (Å²) < 4.78 is 0. The van der Waals surface area contributed by atoms with Crippen LogP contribution in [0.15, 0.2) is 0 Å². The Kier molecular flexibility index (Phi) is 4.90. The monoisotopic (exact) mass is 232 g/mol. The molecule has 1 aliphatic rings. The number of hydrogen-bond acceptors (Lipinski definition) is 4. The zero-order valence-electron chi connectivity index (χ0n) is 8.73. The summed E-state index contributed by atoms with van der Waals surface area (Å²) in [6.07, 6.45) is 0. The van der Waals surface area contributed by atoms with Crippen LogP contribution in [0.1, 0.15) is 6.92 Å². The molecule has 1 fully saturated rings. The fourth-order valence-corrected chi connectivity index (χ4v) is 2.60. The smallest absolute Gasteiger partial charge is 0.321 e. The van der Waals surface area contributed by atoms with E-state index >= 15 is 0 Å². The first-order valence-electron chi connectivity index (χ1n) is 4.96. The molecular weight excluding hydrogens is 216 g/mol. The Morgan fingerprint density at radius 2 is 2.33 bits per heavy atom. The van der Waals surface area contributed by atoms with Crippen LogP contribution in [-0.4, -0.2) is 59.1 Å². The molecule has 1 unspecified atom stereocenters. The van der Waals surface area contributed by atoms with Gasteiger partial charge in [0.2, 0.25) is 5.91 Å². The number of thioether (sulfide) groups is 1. The lowest BCUT2D eigenvalue weighted by molar-refractivity contribution is -0.143. The fourth-order valence-electron chi connectivity index (χ4n) is 1.49. The third-order valence-electron chi connectivity index (χ3n) is 2.25. The highest BCUT2D eigenvalue weighted by Gasteiger charge is 2.29. The van der Waals surface area contributed by atoms with Gasteiger partial charge in [0.25, 0.3) is 0 Å². The van der Waals surface area contributed by atoms with Gasteiger partial charge in [0, 0.05) is 24.6 Å². The summed E-state index contributed by atoms with van der Waals surface area (Å²) in [7, 11) is 0. The molecule has 5 nitrogen and oxygen atoms in total. The van der Waals surface area contributed by atoms with Crippen molar-refractivity contribution in [2.75, 3.05) is 31.1 Å². The average Bonchev–Trinajstić information content (AvgIpc) is 2.18. The Morgan fingerprint density at radius 3 is 2.93 bits per heavy atom. The van der Waals surface area contributed by atoms with Crippen molar-refractivity contribution in [1.82, 2.24) is 10.2 Å². The van der Waals surface area contributed by atoms with Gasteiger partial charge in [-0.15, -0.1) is 0 Å². The molecule has 0 saturated carbocycles. The summed E-state index contributed by atoms with van der Waals surface area (Å²) >= 11 is 1.62. The van der Waals surface area contributed by atoms with Crippen LogP contribution in [0.2, 0.25) is 0 Å². The van der Waals surface area contributed by atoms with E-state index < -0.39 is 12.0 Å². The number of carbonyl (C=O) groups excluding carboxylic acids is 1. The minimum absolute atomic E-state index is 0.101. The van der Waals surface area contributed by atoms with Gasteiger partial charge in [-0.25, -0.2) is 0 Å². The Hall–Kier alpha value is -0.750. The highest BCUT2D eigenvalue weighted by molar-refractivity contribution is 7.99. The highest BCUT2D eigenvalue weighted by atomic mass is 32.2. The molecule has 0 spiro atoms. The third kappa shape index (κ3) is 3.71. The summed E-state index contributed by atoms with van der Waals surface area (Å²) in [4.78, 5) is 24.0. The Labute approximate surface area is 93.2 Å². The zero-order valence-corrected chi connectivity index (χ0v) is 9.55. The average molecular weight is 232 g/mol. The SMILES string of the molecule is CCNC(=O)CN1CCSCC1C(=O)O. The largest absolute Gasteiger partial charge is 0.480 e. The number of likely N-dealkylation sites (N-methyl/N-ethyl adjacent to an activating group) is 1. The number of nitrogens with one attached hydrogen (secondary N) is 1. The summed E-state index contributed by atoms with van der Waals surface area (Å²) in [5.41, 5.74) is 0. The van der Waals surface area contributed by atoms with Gasteiger partial charge < -0.3 is 10.4 Å². The van der Waals surface area contributed by atoms with Crippen molar-refractivity contribution < 1.29 is 14.7 Å². The van der Waals surface area contributed by atoms with E-state index in [4.69, 9.17) is 5.11 Å². The lowest BCUT2D eigenvalue weighted by Crippen LogP contribution is -2.51. The molecule has 1 rings (SSSR count). The first kappa shape index (κ1) is 12.3. The number of amides is 1. The van der Waals surface area contributed by atoms with Crippen LogP contribution in [0, 0.1) is 0 Å². The van der Waals surface area contributed by atoms with Crippen LogP contribution in [-0.2, 0) is 9.59 Å². The number of nitrogens with zero attached hydrogens (tertiary/aromatic N) is 1. The molecular formula is C9H16N2O3S. The summed E-state index contributed by atoms with van der Waals surface area (Å²) in [5.74, 6) is 0.514. The van der Waals surface area contributed by atoms with Gasteiger partial charge in [0.15, 0.2) is 0 Å². The van der Waals surface area contributed by atoms with Crippen LogP contribution < -0.4 is 5.32 Å². The predicted molar refractivity (Wildman–Crippen MR) is 59.0 cm³/mol. The van der Waals surface area contributed by atoms with Gasteiger partial charge in [-0.1, -0.05) is 0 Å². The second kappa shape index (κ2) is 5.97. The second-order valence-corrected chi connectivity index (χ2v) is 4.50. The van der Waals surface area contributed by atoms with Crippen molar-refractivity contribution in [1.29, 1.82) is 0 Å². The van der Waals surface area contributed by atoms with Gasteiger partial charge >= 0.3 is 5.97 Å². The molecule has 0 aromatic carbocycles. The number of rotatable bonds is 4. The number of carboxylic acid groups (broad SMARTS) is 1. The third-order valence-corrected chi connectivity index (χ3v) is 3.27. The first-order valence-corrected chi connectivity index (χ1v) is 6.12. The molecule has 1 heterocycles. The van der Waals surface area contributed by atoms with Crippen LogP contribution in [0.4, 0.5) is 0 Å². The van der Waals surface area contributed by atoms with Gasteiger partial charge in [0.05, 0.1) is 6.54 Å². The molecule has 86 valence electrons. The van der Waals surface area contributed by atoms with Crippen LogP contribution >= 0.6 is 11.8 Å². The number of aliphatic carboxylic acids is 1. The molecule has 0 aliphatic carbocycles. The second-order valence-electron chi connectivity index (χ2n) is 3.35. The van der Waals surface area contributed by atoms with Crippen molar-refractivity contribution in [2.45, 2.75) is 13.0 Å². The van der Waals surface area contributed by atoms with E-state index in [-0.39, 0.29) is 12.5 Å². The van der Waals surface area contributed by atoms with Crippen molar-refractivity contribution in [3.63, 3.8) is 0 Å². The lowest BCUT2D eigenvalue weighted by atomic mass is 10.2. The minimum atomic E-state index is -0.841. The quantitative estimate of drug-likeness (QED) is 0.692. The summed E-state index contributed by atoms with van der Waals surface area (Å²) in [5, 5.41) is 11.6. The van der Waals surface area contributed by atoms with E-state index in [1.54, 1.807) is 16.7 Å². The normalized spacial score (nSPS) is 22.3. The molecule has 1 atom stereocenters. The van der Waals surface area contributed by atoms with E-state index in [1.807, 2.05) is 6.92 Å². The Morgan fingerprint density at radius 1 is 1.60 bits per heavy atom. The van der Waals surface area contributed by atoms with E-state index in [1.165, 1.54) is 0 Å². The maximum atomic E-state index is 11.3. The van der Waals surface area contributed by atoms with Gasteiger partial charge in [-0.2, -0.15) is 11.8 Å². The number of hydrogen-bond donors (Lipinski definition) is 2. The number of carboxylic acids is 1. The van der Waals surface area contributed by atoms with E-state index in [0.717, 1.165) is 5.75 Å². The van der Waals surface area contributed by atoms with Crippen molar-refractivity contribution in [2.24, 2.45) is 0 Å². The zero-order chi connectivity index (χ0) is 11.3. The van der Waals surface area contributed by atoms with Crippen LogP contribution in [0.5, 0.6) is 0 Å². The maximum absolute atomic E-state index is 11.3. The standard InChI is InChI=1S/C9H16N2O3S/c1-2-10-8(12)5-11-3-4-15-6-7(11)9(13)14/h7H,2-6H2,1H3,(H,10,12)(H,13,14). The van der Waals surface area contributed by atoms with E-state index in [0.29, 0.717) is 18.8 Å². The molecule has 6 heteroatoms. The topological polar surface area (TPSA) is 69.6 Å². The molecule has 1 aliphatic heterocycles. The summed E-state index contributed by atoms with van der Waals surface area (Å²) in [6, 6.07) is -0.522. The molecule has 1 amide bonds. The summed E-state index contributed by atoms with van der Waals surface area (Å²) in [6.45, 7) is 3.28. The molecule has 15 heavy (non-hydrogen) atoms. The van der Waals surface area contributed by atoms with Gasteiger partial charge in [-0.05, 0) is 6.92 Å². The number of carbonyl (C=O) groups is 2. The molecule has 2 N–H and O–H groups in total. The van der Waals surface area contributed by atoms with Gasteiger partial charge in [-0.3, -0.25) is 14.5 Å². The fraction of sp³-hybridized carbons (Fsp3) is 0.778. The molecule has 0 radical (unpaired) electrons. The molecule has 0 bridgehead atoms. The van der Waals surface area contributed by atoms with Crippen LogP contribution in [0.25, 0.3) is 0 Å². The predicted octanol–water partition coefficient (Wildman–Crippen LogP) is -0.375. The Balaban J connectivity index is 2.49. The van der Waals surface area contributed by atoms with Gasteiger partial charge in [0.1, 0.15) is 6.04 Å². The minimum Gasteiger partial charge on any atom is -0.480 e. The lowest BCUT2D eigenvalue weighted by Gasteiger charge is -2.31.